The highest BCUT2D eigenvalue weighted by atomic mass is 35.5. The molecule has 0 aliphatic carbocycles. The quantitative estimate of drug-likeness (QED) is 0.380. The Balaban J connectivity index is 1.53. The molecule has 1 fully saturated rings. The number of ether oxygens (including phenoxy) is 2. The number of carbonyl (C=O) groups is 1. The fraction of sp³-hybridized carbons (Fsp3) is 0.120. The lowest BCUT2D eigenvalue weighted by Gasteiger charge is -2.13. The Morgan fingerprint density at radius 3 is 2.61 bits per heavy atom. The van der Waals surface area contributed by atoms with Gasteiger partial charge in [-0.15, -0.1) is 0 Å². The Bertz CT molecular complexity index is 1260. The predicted octanol–water partition coefficient (Wildman–Crippen LogP) is 6.78. The van der Waals surface area contributed by atoms with Gasteiger partial charge in [0.1, 0.15) is 6.61 Å². The van der Waals surface area contributed by atoms with Crippen molar-refractivity contribution in [1.82, 2.24) is 5.32 Å². The maximum Gasteiger partial charge on any atom is 0.264 e. The van der Waals surface area contributed by atoms with Crippen LogP contribution >= 0.6 is 35.0 Å². The maximum atomic E-state index is 12.5. The molecular weight excluding hydrogens is 479 g/mol. The Morgan fingerprint density at radius 1 is 1.09 bits per heavy atom. The van der Waals surface area contributed by atoms with E-state index in [1.165, 1.54) is 11.8 Å². The molecule has 3 aromatic rings. The zero-order valence-corrected chi connectivity index (χ0v) is 20.2. The number of amidine groups is 1. The number of benzene rings is 3. The zero-order valence-electron chi connectivity index (χ0n) is 17.9. The van der Waals surface area contributed by atoms with E-state index in [9.17, 15) is 4.79 Å². The normalized spacial score (nSPS) is 15.7. The summed E-state index contributed by atoms with van der Waals surface area (Å²) in [6.45, 7) is 2.31. The number of hydrogen-bond donors (Lipinski definition) is 1. The van der Waals surface area contributed by atoms with Crippen LogP contribution < -0.4 is 14.8 Å². The predicted molar refractivity (Wildman–Crippen MR) is 136 cm³/mol. The van der Waals surface area contributed by atoms with Crippen molar-refractivity contribution in [2.24, 2.45) is 4.99 Å². The molecular formula is C25H20Cl2N2O3S. The number of methoxy groups -OCH3 is 1. The summed E-state index contributed by atoms with van der Waals surface area (Å²) >= 11 is 13.7. The molecule has 1 saturated heterocycles. The first-order valence-electron chi connectivity index (χ1n) is 10.0. The molecule has 168 valence electrons. The summed E-state index contributed by atoms with van der Waals surface area (Å²) in [5.74, 6) is 0.686. The van der Waals surface area contributed by atoms with Crippen LogP contribution in [0.3, 0.4) is 0 Å². The van der Waals surface area contributed by atoms with Crippen molar-refractivity contribution in [3.8, 4) is 11.5 Å². The summed E-state index contributed by atoms with van der Waals surface area (Å²) in [6, 6.07) is 18.6. The van der Waals surface area contributed by atoms with E-state index in [0.717, 1.165) is 16.8 Å². The Hall–Kier alpha value is -2.93. The second-order valence-electron chi connectivity index (χ2n) is 7.27. The van der Waals surface area contributed by atoms with Gasteiger partial charge in [0.15, 0.2) is 16.7 Å². The standard InChI is InChI=1S/C25H20Cl2N2O3S/c1-15-4-3-5-19(10-15)28-25-29-24(30)22(33-25)13-17-11-20(27)23(21(12-17)31-2)32-14-16-6-8-18(26)9-7-16/h3-13H,14H2,1-2H3,(H,28,29,30)/b22-13-. The molecule has 5 nitrogen and oxygen atoms in total. The number of carbonyl (C=O) groups excluding carboxylic acids is 1. The lowest BCUT2D eigenvalue weighted by Crippen LogP contribution is -2.19. The minimum Gasteiger partial charge on any atom is -0.493 e. The largest absolute Gasteiger partial charge is 0.493 e. The molecule has 0 unspecified atom stereocenters. The second-order valence-corrected chi connectivity index (χ2v) is 9.14. The van der Waals surface area contributed by atoms with E-state index < -0.39 is 0 Å². The molecule has 0 spiro atoms. The van der Waals surface area contributed by atoms with Crippen molar-refractivity contribution in [3.63, 3.8) is 0 Å². The van der Waals surface area contributed by atoms with Gasteiger partial charge in [0.05, 0.1) is 22.7 Å². The number of halogens is 2. The molecule has 1 aliphatic heterocycles. The van der Waals surface area contributed by atoms with Crippen LogP contribution in [0.5, 0.6) is 11.5 Å². The van der Waals surface area contributed by atoms with E-state index in [1.807, 2.05) is 43.3 Å². The molecule has 1 amide bonds. The van der Waals surface area contributed by atoms with Crippen LogP contribution in [-0.4, -0.2) is 18.2 Å². The Kier molecular flexibility index (Phi) is 7.28. The average molecular weight is 499 g/mol. The van der Waals surface area contributed by atoms with E-state index in [0.29, 0.717) is 43.8 Å². The Labute approximate surface area is 206 Å². The lowest BCUT2D eigenvalue weighted by atomic mass is 10.1. The van der Waals surface area contributed by atoms with Gasteiger partial charge < -0.3 is 14.8 Å². The highest BCUT2D eigenvalue weighted by Crippen LogP contribution is 2.38. The van der Waals surface area contributed by atoms with E-state index in [2.05, 4.69) is 10.3 Å². The SMILES string of the molecule is COc1cc(/C=C2\SC(=Nc3cccc(C)c3)NC2=O)cc(Cl)c1OCc1ccc(Cl)cc1. The van der Waals surface area contributed by atoms with Gasteiger partial charge in [-0.3, -0.25) is 4.79 Å². The van der Waals surface area contributed by atoms with Gasteiger partial charge >= 0.3 is 0 Å². The monoisotopic (exact) mass is 498 g/mol. The van der Waals surface area contributed by atoms with E-state index in [-0.39, 0.29) is 5.91 Å². The number of aliphatic imine (C=N–C) groups is 1. The molecule has 3 aromatic carbocycles. The van der Waals surface area contributed by atoms with Crippen molar-refractivity contribution in [2.45, 2.75) is 13.5 Å². The molecule has 8 heteroatoms. The van der Waals surface area contributed by atoms with Gasteiger partial charge in [-0.1, -0.05) is 47.5 Å². The molecule has 0 atom stereocenters. The molecule has 0 bridgehead atoms. The summed E-state index contributed by atoms with van der Waals surface area (Å²) in [4.78, 5) is 17.5. The third-order valence-corrected chi connectivity index (χ3v) is 6.17. The summed E-state index contributed by atoms with van der Waals surface area (Å²) in [6.07, 6.45) is 1.75. The van der Waals surface area contributed by atoms with Crippen molar-refractivity contribution in [2.75, 3.05) is 7.11 Å². The molecule has 0 aromatic heterocycles. The topological polar surface area (TPSA) is 59.9 Å². The van der Waals surface area contributed by atoms with Gasteiger partial charge in [-0.05, 0) is 77.9 Å². The van der Waals surface area contributed by atoms with Crippen molar-refractivity contribution < 1.29 is 14.3 Å². The third-order valence-electron chi connectivity index (χ3n) is 4.73. The summed E-state index contributed by atoms with van der Waals surface area (Å²) in [7, 11) is 1.54. The number of thioether (sulfide) groups is 1. The first kappa shape index (κ1) is 23.2. The molecule has 1 N–H and O–H groups in total. The second kappa shape index (κ2) is 10.3. The van der Waals surface area contributed by atoms with Crippen molar-refractivity contribution >= 4 is 57.8 Å². The summed E-state index contributed by atoms with van der Waals surface area (Å²) in [5.41, 5.74) is 3.54. The summed E-state index contributed by atoms with van der Waals surface area (Å²) < 4.78 is 11.4. The minimum absolute atomic E-state index is 0.218. The summed E-state index contributed by atoms with van der Waals surface area (Å²) in [5, 5.41) is 4.36. The highest BCUT2D eigenvalue weighted by molar-refractivity contribution is 8.18. The van der Waals surface area contributed by atoms with Gasteiger partial charge in [0, 0.05) is 5.02 Å². The van der Waals surface area contributed by atoms with Gasteiger partial charge in [-0.25, -0.2) is 4.99 Å². The molecule has 1 heterocycles. The van der Waals surface area contributed by atoms with Crippen LogP contribution in [-0.2, 0) is 11.4 Å². The maximum absolute atomic E-state index is 12.5. The van der Waals surface area contributed by atoms with Gasteiger partial charge in [-0.2, -0.15) is 0 Å². The fourth-order valence-electron chi connectivity index (χ4n) is 3.15. The first-order valence-corrected chi connectivity index (χ1v) is 11.6. The van der Waals surface area contributed by atoms with Crippen LogP contribution in [0.1, 0.15) is 16.7 Å². The minimum atomic E-state index is -0.218. The average Bonchev–Trinajstić information content (AvgIpc) is 3.12. The first-order chi connectivity index (χ1) is 15.9. The number of aryl methyl sites for hydroxylation is 1. The van der Waals surface area contributed by atoms with E-state index in [1.54, 1.807) is 37.5 Å². The third kappa shape index (κ3) is 5.90. The van der Waals surface area contributed by atoms with Crippen LogP contribution in [0.4, 0.5) is 5.69 Å². The smallest absolute Gasteiger partial charge is 0.264 e. The molecule has 0 saturated carbocycles. The van der Waals surface area contributed by atoms with Gasteiger partial charge in [0.25, 0.3) is 5.91 Å². The number of amides is 1. The highest BCUT2D eigenvalue weighted by Gasteiger charge is 2.24. The molecule has 0 radical (unpaired) electrons. The lowest BCUT2D eigenvalue weighted by molar-refractivity contribution is -0.115. The van der Waals surface area contributed by atoms with Crippen LogP contribution in [0, 0.1) is 6.92 Å². The van der Waals surface area contributed by atoms with Crippen LogP contribution in [0.2, 0.25) is 10.0 Å². The Morgan fingerprint density at radius 2 is 1.88 bits per heavy atom. The molecule has 1 aliphatic rings. The van der Waals surface area contributed by atoms with Crippen molar-refractivity contribution in [3.05, 3.63) is 92.3 Å². The van der Waals surface area contributed by atoms with Crippen LogP contribution in [0.15, 0.2) is 70.6 Å². The van der Waals surface area contributed by atoms with E-state index in [4.69, 9.17) is 32.7 Å². The van der Waals surface area contributed by atoms with Gasteiger partial charge in [0.2, 0.25) is 0 Å². The number of nitrogens with one attached hydrogen (secondary N) is 1. The zero-order chi connectivity index (χ0) is 23.4. The number of rotatable bonds is 6. The van der Waals surface area contributed by atoms with Crippen molar-refractivity contribution in [1.29, 1.82) is 0 Å². The van der Waals surface area contributed by atoms with Crippen LogP contribution in [0.25, 0.3) is 6.08 Å². The number of nitrogens with zero attached hydrogens (tertiary/aromatic N) is 1. The fourth-order valence-corrected chi connectivity index (χ4v) is 4.39. The molecule has 33 heavy (non-hydrogen) atoms. The number of hydrogen-bond acceptors (Lipinski definition) is 5. The molecule has 4 rings (SSSR count). The van der Waals surface area contributed by atoms with E-state index >= 15 is 0 Å².